The molecule has 2 aromatic rings. The van der Waals surface area contributed by atoms with Crippen LogP contribution < -0.4 is 5.32 Å². The molecule has 2 N–H and O–H groups in total. The van der Waals surface area contributed by atoms with Crippen LogP contribution in [0.4, 0.5) is 14.5 Å². The summed E-state index contributed by atoms with van der Waals surface area (Å²) in [4.78, 5) is 10.8. The van der Waals surface area contributed by atoms with Gasteiger partial charge in [0.2, 0.25) is 0 Å². The van der Waals surface area contributed by atoms with Crippen LogP contribution >= 0.6 is 11.6 Å². The van der Waals surface area contributed by atoms with Gasteiger partial charge in [-0.15, -0.1) is 0 Å². The number of rotatable bonds is 5. The summed E-state index contributed by atoms with van der Waals surface area (Å²) in [6.07, 6.45) is 0.408. The minimum Gasteiger partial charge on any atom is -0.478 e. The Labute approximate surface area is 125 Å². The summed E-state index contributed by atoms with van der Waals surface area (Å²) in [5.74, 6) is -2.29. The highest BCUT2D eigenvalue weighted by Crippen LogP contribution is 2.23. The average Bonchev–Trinajstić information content (AvgIpc) is 2.39. The molecule has 21 heavy (non-hydrogen) atoms. The number of nitrogens with one attached hydrogen (secondary N) is 1. The first kappa shape index (κ1) is 15.3. The molecule has 0 aromatic heterocycles. The number of carboxylic acid groups (broad SMARTS) is 1. The molecule has 0 heterocycles. The summed E-state index contributed by atoms with van der Waals surface area (Å²) in [6.45, 7) is 0.412. The van der Waals surface area contributed by atoms with E-state index >= 15 is 0 Å². The maximum Gasteiger partial charge on any atom is 0.335 e. The van der Waals surface area contributed by atoms with E-state index in [0.717, 1.165) is 6.07 Å². The molecule has 2 rings (SSSR count). The van der Waals surface area contributed by atoms with Gasteiger partial charge in [-0.05, 0) is 42.3 Å². The van der Waals surface area contributed by atoms with Gasteiger partial charge in [-0.25, -0.2) is 13.6 Å². The van der Waals surface area contributed by atoms with Crippen LogP contribution in [0.2, 0.25) is 5.02 Å². The molecule has 0 radical (unpaired) electrons. The van der Waals surface area contributed by atoms with Crippen molar-refractivity contribution in [3.8, 4) is 0 Å². The Morgan fingerprint density at radius 2 is 1.81 bits per heavy atom. The second kappa shape index (κ2) is 6.54. The molecule has 2 aromatic carbocycles. The minimum atomic E-state index is -1.06. The zero-order chi connectivity index (χ0) is 15.4. The van der Waals surface area contributed by atoms with Gasteiger partial charge in [-0.2, -0.15) is 0 Å². The van der Waals surface area contributed by atoms with Crippen molar-refractivity contribution in [2.45, 2.75) is 6.42 Å². The third kappa shape index (κ3) is 4.16. The largest absolute Gasteiger partial charge is 0.478 e. The lowest BCUT2D eigenvalue weighted by Gasteiger charge is -2.09. The number of carbonyl (C=O) groups is 1. The van der Waals surface area contributed by atoms with Gasteiger partial charge >= 0.3 is 5.97 Å². The first-order valence-electron chi connectivity index (χ1n) is 6.17. The van der Waals surface area contributed by atoms with E-state index in [1.807, 2.05) is 0 Å². The zero-order valence-electron chi connectivity index (χ0n) is 10.9. The number of aromatic carboxylic acids is 1. The molecule has 0 bridgehead atoms. The predicted octanol–water partition coefficient (Wildman–Crippen LogP) is 3.97. The normalized spacial score (nSPS) is 10.4. The SMILES string of the molecule is O=C(O)c1ccc(NCCc2cc(F)cc(F)c2)c(Cl)c1. The van der Waals surface area contributed by atoms with Crippen molar-refractivity contribution >= 4 is 23.3 Å². The fourth-order valence-electron chi connectivity index (χ4n) is 1.89. The predicted molar refractivity (Wildman–Crippen MR) is 77.0 cm³/mol. The molecule has 0 saturated heterocycles. The molecule has 0 saturated carbocycles. The molecule has 0 unspecified atom stereocenters. The van der Waals surface area contributed by atoms with Crippen LogP contribution in [0.15, 0.2) is 36.4 Å². The van der Waals surface area contributed by atoms with Crippen LogP contribution in [0.25, 0.3) is 0 Å². The summed E-state index contributed by atoms with van der Waals surface area (Å²) in [6, 6.07) is 7.67. The maximum atomic E-state index is 13.0. The highest BCUT2D eigenvalue weighted by molar-refractivity contribution is 6.33. The molecule has 0 aliphatic heterocycles. The smallest absolute Gasteiger partial charge is 0.335 e. The standard InChI is InChI=1S/C15H12ClF2NO2/c16-13-7-10(15(20)21)1-2-14(13)19-4-3-9-5-11(17)8-12(18)6-9/h1-2,5-8,19H,3-4H2,(H,20,21). The van der Waals surface area contributed by atoms with Crippen LogP contribution in [-0.2, 0) is 6.42 Å². The molecule has 0 amide bonds. The Morgan fingerprint density at radius 1 is 1.14 bits per heavy atom. The van der Waals surface area contributed by atoms with Crippen molar-refractivity contribution in [3.05, 3.63) is 64.2 Å². The fraction of sp³-hybridized carbons (Fsp3) is 0.133. The van der Waals surface area contributed by atoms with Crippen molar-refractivity contribution in [1.82, 2.24) is 0 Å². The molecule has 3 nitrogen and oxygen atoms in total. The lowest BCUT2D eigenvalue weighted by Crippen LogP contribution is -2.06. The van der Waals surface area contributed by atoms with E-state index < -0.39 is 17.6 Å². The van der Waals surface area contributed by atoms with Crippen molar-refractivity contribution in [2.24, 2.45) is 0 Å². The molecule has 0 fully saturated rings. The molecule has 0 spiro atoms. The lowest BCUT2D eigenvalue weighted by molar-refractivity contribution is 0.0697. The van der Waals surface area contributed by atoms with E-state index in [1.54, 1.807) is 6.07 Å². The first-order valence-corrected chi connectivity index (χ1v) is 6.55. The summed E-state index contributed by atoms with van der Waals surface area (Å²) >= 11 is 5.96. The van der Waals surface area contributed by atoms with E-state index in [-0.39, 0.29) is 10.6 Å². The number of carboxylic acids is 1. The van der Waals surface area contributed by atoms with Crippen LogP contribution in [0.5, 0.6) is 0 Å². The molecule has 0 atom stereocenters. The number of benzene rings is 2. The maximum absolute atomic E-state index is 13.0. The van der Waals surface area contributed by atoms with E-state index in [9.17, 15) is 13.6 Å². The van der Waals surface area contributed by atoms with Gasteiger partial charge < -0.3 is 10.4 Å². The highest BCUT2D eigenvalue weighted by Gasteiger charge is 2.07. The van der Waals surface area contributed by atoms with Gasteiger partial charge in [0.05, 0.1) is 16.3 Å². The third-order valence-corrected chi connectivity index (χ3v) is 3.18. The van der Waals surface area contributed by atoms with Gasteiger partial charge in [-0.3, -0.25) is 0 Å². The van der Waals surface area contributed by atoms with Crippen molar-refractivity contribution in [3.63, 3.8) is 0 Å². The van der Waals surface area contributed by atoms with E-state index in [2.05, 4.69) is 5.32 Å². The summed E-state index contributed by atoms with van der Waals surface area (Å²) in [5, 5.41) is 12.1. The number of anilines is 1. The van der Waals surface area contributed by atoms with Gasteiger partial charge in [0, 0.05) is 12.6 Å². The Balaban J connectivity index is 1.98. The highest BCUT2D eigenvalue weighted by atomic mass is 35.5. The number of hydrogen-bond acceptors (Lipinski definition) is 2. The van der Waals surface area contributed by atoms with Gasteiger partial charge in [-0.1, -0.05) is 11.6 Å². The van der Waals surface area contributed by atoms with Crippen molar-refractivity contribution in [2.75, 3.05) is 11.9 Å². The van der Waals surface area contributed by atoms with Gasteiger partial charge in [0.25, 0.3) is 0 Å². The first-order chi connectivity index (χ1) is 9.95. The Kier molecular flexibility index (Phi) is 4.75. The van der Waals surface area contributed by atoms with Gasteiger partial charge in [0.15, 0.2) is 0 Å². The Bertz CT molecular complexity index is 656. The van der Waals surface area contributed by atoms with Crippen LogP contribution in [0.3, 0.4) is 0 Å². The monoisotopic (exact) mass is 311 g/mol. The van der Waals surface area contributed by atoms with Crippen LogP contribution in [-0.4, -0.2) is 17.6 Å². The number of halogens is 3. The second-order valence-electron chi connectivity index (χ2n) is 4.45. The fourth-order valence-corrected chi connectivity index (χ4v) is 2.14. The third-order valence-electron chi connectivity index (χ3n) is 2.87. The molecule has 0 aliphatic rings. The minimum absolute atomic E-state index is 0.0951. The lowest BCUT2D eigenvalue weighted by atomic mass is 10.1. The zero-order valence-corrected chi connectivity index (χ0v) is 11.6. The van der Waals surface area contributed by atoms with E-state index in [4.69, 9.17) is 16.7 Å². The molecule has 6 heteroatoms. The van der Waals surface area contributed by atoms with Crippen molar-refractivity contribution < 1.29 is 18.7 Å². The van der Waals surface area contributed by atoms with Crippen LogP contribution in [0.1, 0.15) is 15.9 Å². The summed E-state index contributed by atoms with van der Waals surface area (Å²) in [7, 11) is 0. The summed E-state index contributed by atoms with van der Waals surface area (Å²) in [5.41, 5.74) is 1.19. The van der Waals surface area contributed by atoms with Gasteiger partial charge in [0.1, 0.15) is 11.6 Å². The molecule has 0 aliphatic carbocycles. The molecule has 110 valence electrons. The molecular formula is C15H12ClF2NO2. The van der Waals surface area contributed by atoms with E-state index in [1.165, 1.54) is 24.3 Å². The van der Waals surface area contributed by atoms with E-state index in [0.29, 0.717) is 24.2 Å². The summed E-state index contributed by atoms with van der Waals surface area (Å²) < 4.78 is 26.1. The molecular weight excluding hydrogens is 300 g/mol. The topological polar surface area (TPSA) is 49.3 Å². The quantitative estimate of drug-likeness (QED) is 0.878. The van der Waals surface area contributed by atoms with Crippen LogP contribution in [0, 0.1) is 11.6 Å². The Morgan fingerprint density at radius 3 is 2.38 bits per heavy atom. The second-order valence-corrected chi connectivity index (χ2v) is 4.86. The number of hydrogen-bond donors (Lipinski definition) is 2. The van der Waals surface area contributed by atoms with Crippen molar-refractivity contribution in [1.29, 1.82) is 0 Å². The average molecular weight is 312 g/mol. The Hall–Kier alpha value is -2.14.